The van der Waals surface area contributed by atoms with Crippen molar-refractivity contribution in [3.63, 3.8) is 0 Å². The number of allylic oxidation sites excluding steroid dienone is 24. The third kappa shape index (κ3) is 54.1. The summed E-state index contributed by atoms with van der Waals surface area (Å²) in [5.41, 5.74) is 0. The lowest BCUT2D eigenvalue weighted by Gasteiger charge is -2.18. The van der Waals surface area contributed by atoms with Crippen LogP contribution in [-0.2, 0) is 28.6 Å². The quantitative estimate of drug-likeness (QED) is 0.0199. The maximum atomic E-state index is 12.8. The number of hydrogen-bond donors (Lipinski definition) is 0. The lowest BCUT2D eigenvalue weighted by atomic mass is 10.1. The van der Waals surface area contributed by atoms with Crippen LogP contribution in [0.25, 0.3) is 0 Å². The van der Waals surface area contributed by atoms with Gasteiger partial charge in [0.2, 0.25) is 0 Å². The molecule has 0 radical (unpaired) electrons. The summed E-state index contributed by atoms with van der Waals surface area (Å²) in [4.78, 5) is 38.1. The lowest BCUT2D eigenvalue weighted by molar-refractivity contribution is -0.167. The molecule has 0 heterocycles. The largest absolute Gasteiger partial charge is 0.462 e. The van der Waals surface area contributed by atoms with Crippen molar-refractivity contribution in [3.05, 3.63) is 146 Å². The number of ether oxygens (including phenoxy) is 3. The van der Waals surface area contributed by atoms with E-state index in [0.29, 0.717) is 19.3 Å². The Morgan fingerprint density at radius 2 is 0.594 bits per heavy atom. The molecule has 6 nitrogen and oxygen atoms in total. The molecule has 1 atom stereocenters. The number of unbranched alkanes of at least 4 members (excludes halogenated alkanes) is 15. The van der Waals surface area contributed by atoms with E-state index in [0.717, 1.165) is 135 Å². The molecule has 386 valence electrons. The minimum atomic E-state index is -0.818. The molecule has 0 saturated carbocycles. The first-order chi connectivity index (χ1) is 34.0. The summed E-state index contributed by atoms with van der Waals surface area (Å²) >= 11 is 0. The Labute approximate surface area is 423 Å². The monoisotopic (exact) mass is 951 g/mol. The molecular weight excluding hydrogens is 853 g/mol. The summed E-state index contributed by atoms with van der Waals surface area (Å²) < 4.78 is 16.8. The molecule has 0 aliphatic carbocycles. The number of carbonyl (C=O) groups is 3. The predicted molar refractivity (Wildman–Crippen MR) is 297 cm³/mol. The van der Waals surface area contributed by atoms with E-state index in [9.17, 15) is 14.4 Å². The zero-order chi connectivity index (χ0) is 50.0. The molecule has 0 fully saturated rings. The Hall–Kier alpha value is -4.71. The fourth-order valence-electron chi connectivity index (χ4n) is 6.90. The highest BCUT2D eigenvalue weighted by molar-refractivity contribution is 5.71. The molecule has 0 aliphatic rings. The predicted octanol–water partition coefficient (Wildman–Crippen LogP) is 18.4. The van der Waals surface area contributed by atoms with E-state index in [1.54, 1.807) is 0 Å². The zero-order valence-corrected chi connectivity index (χ0v) is 44.0. The number of carbonyl (C=O) groups excluding carboxylic acids is 3. The van der Waals surface area contributed by atoms with Crippen LogP contribution in [-0.4, -0.2) is 37.2 Å². The molecule has 0 aromatic rings. The van der Waals surface area contributed by atoms with Crippen LogP contribution < -0.4 is 0 Å². The van der Waals surface area contributed by atoms with E-state index < -0.39 is 6.10 Å². The standard InChI is InChI=1S/C63H98O6/c1-4-7-10-13-16-19-22-25-27-29-31-33-35-38-41-44-47-50-53-56-62(65)68-59-60(58-67-61(64)55-52-49-46-43-40-37-24-21-18-15-12-9-6-3)69-63(66)57-54-51-48-45-42-39-36-34-32-30-28-26-23-20-17-14-11-8-5-2/h7-12,15-21,24-28,31,33,37-38,40-41,60H,4-6,13-14,22-23,29-30,32,34-36,39,42-59H2,1-3H3/b10-7+,11-8+,12-9+,18-15+,19-16+,20-17+,24-21+,27-25+,28-26+,33-31+,40-37+,41-38+. The molecular formula is C63H98O6. The van der Waals surface area contributed by atoms with E-state index >= 15 is 0 Å². The maximum Gasteiger partial charge on any atom is 0.306 e. The van der Waals surface area contributed by atoms with Gasteiger partial charge >= 0.3 is 17.9 Å². The van der Waals surface area contributed by atoms with E-state index in [2.05, 4.69) is 130 Å². The maximum absolute atomic E-state index is 12.8. The van der Waals surface area contributed by atoms with Crippen LogP contribution >= 0.6 is 0 Å². The number of esters is 3. The van der Waals surface area contributed by atoms with Crippen molar-refractivity contribution < 1.29 is 28.6 Å². The van der Waals surface area contributed by atoms with Gasteiger partial charge in [-0.15, -0.1) is 0 Å². The summed E-state index contributed by atoms with van der Waals surface area (Å²) in [5, 5.41) is 0. The molecule has 0 aromatic carbocycles. The fourth-order valence-corrected chi connectivity index (χ4v) is 6.90. The van der Waals surface area contributed by atoms with Crippen molar-refractivity contribution in [1.29, 1.82) is 0 Å². The number of rotatable bonds is 47. The van der Waals surface area contributed by atoms with Gasteiger partial charge in [-0.05, 0) is 116 Å². The van der Waals surface area contributed by atoms with Crippen LogP contribution in [0.3, 0.4) is 0 Å². The van der Waals surface area contributed by atoms with Gasteiger partial charge in [0.1, 0.15) is 13.2 Å². The van der Waals surface area contributed by atoms with Gasteiger partial charge in [-0.25, -0.2) is 0 Å². The van der Waals surface area contributed by atoms with Gasteiger partial charge in [-0.3, -0.25) is 14.4 Å². The van der Waals surface area contributed by atoms with Crippen LogP contribution in [0.15, 0.2) is 146 Å². The van der Waals surface area contributed by atoms with Crippen LogP contribution in [0, 0.1) is 0 Å². The van der Waals surface area contributed by atoms with E-state index in [-0.39, 0.29) is 31.1 Å². The summed E-state index contributed by atoms with van der Waals surface area (Å²) in [6.45, 7) is 6.19. The van der Waals surface area contributed by atoms with E-state index in [1.807, 2.05) is 36.5 Å². The van der Waals surface area contributed by atoms with Gasteiger partial charge in [-0.2, -0.15) is 0 Å². The number of hydrogen-bond acceptors (Lipinski definition) is 6. The topological polar surface area (TPSA) is 78.9 Å². The third-order valence-electron chi connectivity index (χ3n) is 10.9. The average Bonchev–Trinajstić information content (AvgIpc) is 3.35. The van der Waals surface area contributed by atoms with Gasteiger partial charge < -0.3 is 14.2 Å². The molecule has 1 unspecified atom stereocenters. The first-order valence-electron chi connectivity index (χ1n) is 27.4. The SMILES string of the molecule is CC/C=C/C=C/C=C/C=C/CCCCCC(=O)OCC(COC(=O)CCCCC/C=C/C/C=C/C/C=C/C/C=C/C/C=C/CC)OC(=O)CCCCCCCCCCC/C=C/C/C=C/C/C=C/CC. The van der Waals surface area contributed by atoms with Crippen molar-refractivity contribution in [2.45, 2.75) is 219 Å². The van der Waals surface area contributed by atoms with Crippen LogP contribution in [0.4, 0.5) is 0 Å². The normalized spacial score (nSPS) is 13.3. The molecule has 0 aromatic heterocycles. The second-order valence-corrected chi connectivity index (χ2v) is 17.4. The molecule has 6 heteroatoms. The summed E-state index contributed by atoms with van der Waals surface area (Å²) in [6, 6.07) is 0. The van der Waals surface area contributed by atoms with Crippen LogP contribution in [0.5, 0.6) is 0 Å². The second-order valence-electron chi connectivity index (χ2n) is 17.4. The average molecular weight is 951 g/mol. The Balaban J connectivity index is 4.51. The molecule has 0 aliphatic heterocycles. The van der Waals surface area contributed by atoms with Gasteiger partial charge in [0.25, 0.3) is 0 Å². The Kier molecular flexibility index (Phi) is 52.1. The highest BCUT2D eigenvalue weighted by Crippen LogP contribution is 2.14. The van der Waals surface area contributed by atoms with Crippen LogP contribution in [0.2, 0.25) is 0 Å². The van der Waals surface area contributed by atoms with E-state index in [4.69, 9.17) is 14.2 Å². The summed E-state index contributed by atoms with van der Waals surface area (Å²) in [6.07, 6.45) is 79.8. The van der Waals surface area contributed by atoms with Crippen LogP contribution in [0.1, 0.15) is 213 Å². The Morgan fingerprint density at radius 1 is 0.304 bits per heavy atom. The first-order valence-corrected chi connectivity index (χ1v) is 27.4. The zero-order valence-electron chi connectivity index (χ0n) is 44.0. The van der Waals surface area contributed by atoms with Crippen molar-refractivity contribution >= 4 is 17.9 Å². The highest BCUT2D eigenvalue weighted by Gasteiger charge is 2.19. The molecule has 0 saturated heterocycles. The smallest absolute Gasteiger partial charge is 0.306 e. The van der Waals surface area contributed by atoms with Crippen molar-refractivity contribution in [3.8, 4) is 0 Å². The summed E-state index contributed by atoms with van der Waals surface area (Å²) in [5.74, 6) is -0.999. The molecule has 69 heavy (non-hydrogen) atoms. The summed E-state index contributed by atoms with van der Waals surface area (Å²) in [7, 11) is 0. The fraction of sp³-hybridized carbons (Fsp3) is 0.571. The van der Waals surface area contributed by atoms with Gasteiger partial charge in [0.15, 0.2) is 6.10 Å². The van der Waals surface area contributed by atoms with E-state index in [1.165, 1.54) is 38.5 Å². The third-order valence-corrected chi connectivity index (χ3v) is 10.9. The van der Waals surface area contributed by atoms with Gasteiger partial charge in [0.05, 0.1) is 0 Å². The molecule has 0 N–H and O–H groups in total. The Bertz CT molecular complexity index is 1560. The molecule has 0 amide bonds. The minimum Gasteiger partial charge on any atom is -0.462 e. The first kappa shape index (κ1) is 64.3. The van der Waals surface area contributed by atoms with Gasteiger partial charge in [-0.1, -0.05) is 224 Å². The molecule has 0 bridgehead atoms. The highest BCUT2D eigenvalue weighted by atomic mass is 16.6. The van der Waals surface area contributed by atoms with Crippen molar-refractivity contribution in [2.75, 3.05) is 13.2 Å². The lowest BCUT2D eigenvalue weighted by Crippen LogP contribution is -2.30. The van der Waals surface area contributed by atoms with Crippen molar-refractivity contribution in [2.24, 2.45) is 0 Å². The minimum absolute atomic E-state index is 0.116. The van der Waals surface area contributed by atoms with Crippen molar-refractivity contribution in [1.82, 2.24) is 0 Å². The second kappa shape index (κ2) is 55.9. The molecule has 0 spiro atoms. The Morgan fingerprint density at radius 3 is 1.00 bits per heavy atom. The molecule has 0 rings (SSSR count). The van der Waals surface area contributed by atoms with Gasteiger partial charge in [0, 0.05) is 19.3 Å².